The molecule has 0 unspecified atom stereocenters. The number of aromatic carboxylic acids is 1. The maximum atomic E-state index is 11.6. The monoisotopic (exact) mass is 193 g/mol. The topological polar surface area (TPSA) is 59.3 Å². The molecule has 1 rings (SSSR count). The second-order valence-corrected chi connectivity index (χ2v) is 2.93. The third kappa shape index (κ3) is 1.74. The molecule has 1 aromatic heterocycles. The Morgan fingerprint density at radius 3 is 2.86 bits per heavy atom. The molecule has 0 saturated carbocycles. The van der Waals surface area contributed by atoms with Crippen LogP contribution in [0.15, 0.2) is 29.7 Å². The van der Waals surface area contributed by atoms with E-state index in [0.29, 0.717) is 12.1 Å². The van der Waals surface area contributed by atoms with Crippen molar-refractivity contribution < 1.29 is 9.90 Å². The fourth-order valence-corrected chi connectivity index (χ4v) is 1.21. The van der Waals surface area contributed by atoms with Crippen molar-refractivity contribution in [3.63, 3.8) is 0 Å². The molecule has 0 spiro atoms. The molecular formula is C10H11NO3. The molecule has 0 amide bonds. The van der Waals surface area contributed by atoms with Gasteiger partial charge in [0.2, 0.25) is 0 Å². The van der Waals surface area contributed by atoms with Gasteiger partial charge in [0.05, 0.1) is 0 Å². The minimum absolute atomic E-state index is 0.172. The molecule has 0 radical (unpaired) electrons. The number of hydrogen-bond donors (Lipinski definition) is 1. The first-order chi connectivity index (χ1) is 6.57. The Labute approximate surface area is 81.1 Å². The van der Waals surface area contributed by atoms with Crippen molar-refractivity contribution in [1.82, 2.24) is 4.57 Å². The molecule has 4 heteroatoms. The second-order valence-electron chi connectivity index (χ2n) is 2.93. The first kappa shape index (κ1) is 10.2. The molecule has 1 N–H and O–H groups in total. The van der Waals surface area contributed by atoms with Gasteiger partial charge < -0.3 is 9.67 Å². The van der Waals surface area contributed by atoms with Crippen LogP contribution < -0.4 is 5.56 Å². The molecule has 0 aliphatic rings. The lowest BCUT2D eigenvalue weighted by Gasteiger charge is -2.05. The normalized spacial score (nSPS) is 9.79. The van der Waals surface area contributed by atoms with E-state index in [2.05, 4.69) is 6.58 Å². The van der Waals surface area contributed by atoms with Crippen molar-refractivity contribution in [3.05, 3.63) is 46.4 Å². The molecule has 0 aliphatic heterocycles. The van der Waals surface area contributed by atoms with Crippen molar-refractivity contribution >= 4 is 5.97 Å². The fraction of sp³-hybridized carbons (Fsp3) is 0.200. The maximum Gasteiger partial charge on any atom is 0.341 e. The third-order valence-electron chi connectivity index (χ3n) is 1.91. The molecule has 0 saturated heterocycles. The molecular weight excluding hydrogens is 182 g/mol. The van der Waals surface area contributed by atoms with Crippen molar-refractivity contribution in [2.45, 2.75) is 13.5 Å². The zero-order valence-corrected chi connectivity index (χ0v) is 7.86. The Morgan fingerprint density at radius 1 is 1.71 bits per heavy atom. The van der Waals surface area contributed by atoms with Gasteiger partial charge in [0.15, 0.2) is 0 Å². The lowest BCUT2D eigenvalue weighted by Crippen LogP contribution is -2.26. The largest absolute Gasteiger partial charge is 0.477 e. The minimum atomic E-state index is -1.19. The van der Waals surface area contributed by atoms with E-state index in [1.54, 1.807) is 25.3 Å². The molecule has 14 heavy (non-hydrogen) atoms. The predicted molar refractivity (Wildman–Crippen MR) is 52.6 cm³/mol. The Bertz CT molecular complexity index is 431. The minimum Gasteiger partial charge on any atom is -0.477 e. The molecule has 1 aromatic rings. The molecule has 0 bridgehead atoms. The summed E-state index contributed by atoms with van der Waals surface area (Å²) in [5.74, 6) is -1.19. The van der Waals surface area contributed by atoms with E-state index in [9.17, 15) is 9.59 Å². The lowest BCUT2D eigenvalue weighted by atomic mass is 10.1. The zero-order chi connectivity index (χ0) is 10.7. The van der Waals surface area contributed by atoms with Crippen LogP contribution in [-0.2, 0) is 6.54 Å². The first-order valence-corrected chi connectivity index (χ1v) is 4.12. The smallest absolute Gasteiger partial charge is 0.341 e. The summed E-state index contributed by atoms with van der Waals surface area (Å²) in [5.41, 5.74) is -0.186. The van der Waals surface area contributed by atoms with Gasteiger partial charge in [0.1, 0.15) is 5.56 Å². The summed E-state index contributed by atoms with van der Waals surface area (Å²) in [6, 6.07) is 1.61. The molecule has 1 heterocycles. The van der Waals surface area contributed by atoms with Gasteiger partial charge in [-0.3, -0.25) is 4.79 Å². The van der Waals surface area contributed by atoms with Crippen LogP contribution in [-0.4, -0.2) is 15.6 Å². The fourth-order valence-electron chi connectivity index (χ4n) is 1.21. The van der Waals surface area contributed by atoms with Gasteiger partial charge in [-0.1, -0.05) is 6.08 Å². The van der Waals surface area contributed by atoms with E-state index in [4.69, 9.17) is 5.11 Å². The van der Waals surface area contributed by atoms with Gasteiger partial charge in [-0.2, -0.15) is 0 Å². The Balaban J connectivity index is 3.41. The highest BCUT2D eigenvalue weighted by Gasteiger charge is 2.13. The number of nitrogens with zero attached hydrogens (tertiary/aromatic N) is 1. The van der Waals surface area contributed by atoms with E-state index >= 15 is 0 Å². The maximum absolute atomic E-state index is 11.6. The van der Waals surface area contributed by atoms with Crippen LogP contribution in [0.3, 0.4) is 0 Å². The SMILES string of the molecule is C=CCn1ccc(C)c(C(=O)O)c1=O. The summed E-state index contributed by atoms with van der Waals surface area (Å²) in [7, 11) is 0. The van der Waals surface area contributed by atoms with Crippen molar-refractivity contribution in [2.24, 2.45) is 0 Å². The van der Waals surface area contributed by atoms with E-state index in [-0.39, 0.29) is 5.56 Å². The summed E-state index contributed by atoms with van der Waals surface area (Å²) >= 11 is 0. The molecule has 0 aliphatic carbocycles. The molecule has 0 aromatic carbocycles. The van der Waals surface area contributed by atoms with E-state index in [1.165, 1.54) is 4.57 Å². The highest BCUT2D eigenvalue weighted by molar-refractivity contribution is 5.88. The summed E-state index contributed by atoms with van der Waals surface area (Å²) in [5, 5.41) is 8.80. The van der Waals surface area contributed by atoms with Crippen LogP contribution in [0.1, 0.15) is 15.9 Å². The van der Waals surface area contributed by atoms with Crippen LogP contribution in [0.4, 0.5) is 0 Å². The van der Waals surface area contributed by atoms with Crippen LogP contribution in [0, 0.1) is 6.92 Å². The Morgan fingerprint density at radius 2 is 2.36 bits per heavy atom. The van der Waals surface area contributed by atoms with Crippen molar-refractivity contribution in [2.75, 3.05) is 0 Å². The first-order valence-electron chi connectivity index (χ1n) is 4.12. The number of pyridine rings is 1. The van der Waals surface area contributed by atoms with Crippen LogP contribution >= 0.6 is 0 Å². The number of carboxylic acids is 1. The number of hydrogen-bond acceptors (Lipinski definition) is 2. The van der Waals surface area contributed by atoms with Gasteiger partial charge >= 0.3 is 5.97 Å². The van der Waals surface area contributed by atoms with Gasteiger partial charge in [-0.25, -0.2) is 4.79 Å². The summed E-state index contributed by atoms with van der Waals surface area (Å²) in [6.45, 7) is 5.41. The van der Waals surface area contributed by atoms with Crippen LogP contribution in [0.2, 0.25) is 0 Å². The zero-order valence-electron chi connectivity index (χ0n) is 7.86. The third-order valence-corrected chi connectivity index (χ3v) is 1.91. The molecule has 0 atom stereocenters. The number of carboxylic acid groups (broad SMARTS) is 1. The number of allylic oxidation sites excluding steroid dienone is 1. The highest BCUT2D eigenvalue weighted by atomic mass is 16.4. The van der Waals surface area contributed by atoms with Gasteiger partial charge in [-0.15, -0.1) is 6.58 Å². The average Bonchev–Trinajstić information content (AvgIpc) is 2.10. The standard InChI is InChI=1S/C10H11NO3/c1-3-5-11-6-4-7(2)8(9(11)12)10(13)14/h3-4,6H,1,5H2,2H3,(H,13,14). The molecule has 0 fully saturated rings. The van der Waals surface area contributed by atoms with Gasteiger partial charge in [0.25, 0.3) is 5.56 Å². The van der Waals surface area contributed by atoms with Crippen LogP contribution in [0.25, 0.3) is 0 Å². The summed E-state index contributed by atoms with van der Waals surface area (Å²) in [4.78, 5) is 22.3. The number of aryl methyl sites for hydroxylation is 1. The number of carbonyl (C=O) groups is 1. The number of aromatic nitrogens is 1. The van der Waals surface area contributed by atoms with Crippen molar-refractivity contribution in [1.29, 1.82) is 0 Å². The Hall–Kier alpha value is -1.84. The lowest BCUT2D eigenvalue weighted by molar-refractivity contribution is 0.0693. The van der Waals surface area contributed by atoms with E-state index in [1.807, 2.05) is 0 Å². The number of rotatable bonds is 3. The highest BCUT2D eigenvalue weighted by Crippen LogP contribution is 2.01. The second kappa shape index (κ2) is 3.91. The average molecular weight is 193 g/mol. The molecule has 4 nitrogen and oxygen atoms in total. The Kier molecular flexibility index (Phi) is 2.86. The summed E-state index contributed by atoms with van der Waals surface area (Å²) < 4.78 is 1.31. The predicted octanol–water partition coefficient (Wildman–Crippen LogP) is 1.04. The van der Waals surface area contributed by atoms with Gasteiger partial charge in [0, 0.05) is 12.7 Å². The molecule has 74 valence electrons. The van der Waals surface area contributed by atoms with Crippen molar-refractivity contribution in [3.8, 4) is 0 Å². The van der Waals surface area contributed by atoms with Crippen LogP contribution in [0.5, 0.6) is 0 Å². The van der Waals surface area contributed by atoms with Gasteiger partial charge in [-0.05, 0) is 18.6 Å². The quantitative estimate of drug-likeness (QED) is 0.729. The van der Waals surface area contributed by atoms with E-state index in [0.717, 1.165) is 0 Å². The van der Waals surface area contributed by atoms with E-state index < -0.39 is 11.5 Å². The summed E-state index contributed by atoms with van der Waals surface area (Å²) in [6.07, 6.45) is 3.11.